The van der Waals surface area contributed by atoms with Crippen molar-refractivity contribution in [2.24, 2.45) is 5.92 Å². The molecular weight excluding hydrogens is 371 g/mol. The van der Waals surface area contributed by atoms with Crippen LogP contribution in [0.4, 0.5) is 18.9 Å². The van der Waals surface area contributed by atoms with Gasteiger partial charge >= 0.3 is 12.1 Å². The van der Waals surface area contributed by atoms with Crippen LogP contribution in [0.15, 0.2) is 24.3 Å². The van der Waals surface area contributed by atoms with E-state index in [9.17, 15) is 22.8 Å². The fourth-order valence-electron chi connectivity index (χ4n) is 2.92. The van der Waals surface area contributed by atoms with Crippen molar-refractivity contribution in [2.45, 2.75) is 38.5 Å². The predicted molar refractivity (Wildman–Crippen MR) is 95.0 cm³/mol. The van der Waals surface area contributed by atoms with Crippen molar-refractivity contribution in [1.29, 1.82) is 0 Å². The van der Waals surface area contributed by atoms with Crippen LogP contribution in [0.2, 0.25) is 0 Å². The summed E-state index contributed by atoms with van der Waals surface area (Å²) in [6, 6.07) is 6.79. The van der Waals surface area contributed by atoms with Crippen LogP contribution in [0, 0.1) is 5.92 Å². The first-order valence-corrected chi connectivity index (χ1v) is 8.12. The molecule has 1 aliphatic rings. The first kappa shape index (κ1) is 22.2. The average Bonchev–Trinajstić information content (AvgIpc) is 2.53. The van der Waals surface area contributed by atoms with E-state index in [0.717, 1.165) is 26.4 Å². The topological polar surface area (TPSA) is 61.4 Å². The predicted octanol–water partition coefficient (Wildman–Crippen LogP) is 2.96. The van der Waals surface area contributed by atoms with Gasteiger partial charge in [0.2, 0.25) is 5.91 Å². The fraction of sp³-hybridized carbons (Fsp3) is 0.529. The lowest BCUT2D eigenvalue weighted by Gasteiger charge is -2.27. The number of nitrogens with zero attached hydrogens (tertiary/aromatic N) is 1. The zero-order valence-corrected chi connectivity index (χ0v) is 15.4. The first-order valence-electron chi connectivity index (χ1n) is 8.12. The molecule has 0 unspecified atom stereocenters. The second-order valence-corrected chi connectivity index (χ2v) is 6.43. The summed E-state index contributed by atoms with van der Waals surface area (Å²) in [4.78, 5) is 24.1. The first-order chi connectivity index (χ1) is 11.7. The molecule has 2 amide bonds. The quantitative estimate of drug-likeness (QED) is 0.826. The maximum atomic E-state index is 12.4. The molecule has 1 saturated heterocycles. The van der Waals surface area contributed by atoms with Gasteiger partial charge in [-0.3, -0.25) is 9.59 Å². The minimum atomic E-state index is -4.90. The van der Waals surface area contributed by atoms with E-state index >= 15 is 0 Å². The van der Waals surface area contributed by atoms with Gasteiger partial charge in [0.05, 0.1) is 0 Å². The van der Waals surface area contributed by atoms with Crippen molar-refractivity contribution in [3.05, 3.63) is 29.8 Å². The molecule has 1 aromatic rings. The van der Waals surface area contributed by atoms with E-state index in [0.29, 0.717) is 16.2 Å². The molecule has 0 radical (unpaired) electrons. The van der Waals surface area contributed by atoms with Gasteiger partial charge in [-0.05, 0) is 44.0 Å². The van der Waals surface area contributed by atoms with Gasteiger partial charge in [0.15, 0.2) is 0 Å². The fourth-order valence-corrected chi connectivity index (χ4v) is 2.92. The molecule has 26 heavy (non-hydrogen) atoms. The highest BCUT2D eigenvalue weighted by molar-refractivity contribution is 5.92. The molecule has 2 atom stereocenters. The Hall–Kier alpha value is -1.80. The van der Waals surface area contributed by atoms with E-state index in [1.54, 1.807) is 24.3 Å². The van der Waals surface area contributed by atoms with Crippen molar-refractivity contribution < 1.29 is 22.8 Å². The Balaban J connectivity index is 0.00000338. The van der Waals surface area contributed by atoms with Gasteiger partial charge in [-0.15, -0.1) is 12.4 Å². The highest BCUT2D eigenvalue weighted by Gasteiger charge is 2.41. The van der Waals surface area contributed by atoms with Gasteiger partial charge in [0.1, 0.15) is 0 Å². The Kier molecular flexibility index (Phi) is 7.89. The smallest absolute Gasteiger partial charge is 0.334 e. The van der Waals surface area contributed by atoms with Crippen molar-refractivity contribution in [1.82, 2.24) is 10.2 Å². The molecule has 0 aromatic heterocycles. The zero-order chi connectivity index (χ0) is 18.6. The van der Waals surface area contributed by atoms with E-state index in [2.05, 4.69) is 10.6 Å². The SMILES string of the molecule is C[C@H]1C[C@@H](C(=O)Nc2cccc(CN(C)C(=O)C(F)(F)F)c2)CCN1.Cl. The molecule has 146 valence electrons. The van der Waals surface area contributed by atoms with Crippen LogP contribution in [0.1, 0.15) is 25.3 Å². The molecule has 9 heteroatoms. The number of amides is 2. The number of benzene rings is 1. The van der Waals surface area contributed by atoms with Gasteiger partial charge in [0, 0.05) is 31.2 Å². The van der Waals surface area contributed by atoms with Gasteiger partial charge in [-0.25, -0.2) is 0 Å². The highest BCUT2D eigenvalue weighted by Crippen LogP contribution is 2.21. The molecule has 1 heterocycles. The summed E-state index contributed by atoms with van der Waals surface area (Å²) in [6.07, 6.45) is -3.40. The van der Waals surface area contributed by atoms with Crippen LogP contribution < -0.4 is 10.6 Å². The zero-order valence-electron chi connectivity index (χ0n) is 14.6. The largest absolute Gasteiger partial charge is 0.471 e. The number of piperidine rings is 1. The number of alkyl halides is 3. The van der Waals surface area contributed by atoms with Crippen LogP contribution in [0.3, 0.4) is 0 Å². The molecule has 1 aromatic carbocycles. The van der Waals surface area contributed by atoms with Crippen molar-refractivity contribution in [3.8, 4) is 0 Å². The van der Waals surface area contributed by atoms with E-state index in [1.807, 2.05) is 6.92 Å². The Morgan fingerprint density at radius 1 is 1.35 bits per heavy atom. The highest BCUT2D eigenvalue weighted by atomic mass is 35.5. The molecule has 0 aliphatic carbocycles. The number of carbonyl (C=O) groups excluding carboxylic acids is 2. The van der Waals surface area contributed by atoms with E-state index in [4.69, 9.17) is 0 Å². The number of carbonyl (C=O) groups is 2. The summed E-state index contributed by atoms with van der Waals surface area (Å²) in [5.41, 5.74) is 1.03. The summed E-state index contributed by atoms with van der Waals surface area (Å²) in [6.45, 7) is 2.61. The number of hydrogen-bond acceptors (Lipinski definition) is 3. The van der Waals surface area contributed by atoms with Crippen LogP contribution in [-0.4, -0.2) is 42.5 Å². The molecule has 0 bridgehead atoms. The summed E-state index contributed by atoms with van der Waals surface area (Å²) in [7, 11) is 1.09. The monoisotopic (exact) mass is 393 g/mol. The summed E-state index contributed by atoms with van der Waals surface area (Å²) < 4.78 is 37.3. The lowest BCUT2D eigenvalue weighted by molar-refractivity contribution is -0.184. The Bertz CT molecular complexity index is 640. The minimum Gasteiger partial charge on any atom is -0.334 e. The third-order valence-electron chi connectivity index (χ3n) is 4.20. The Morgan fingerprint density at radius 2 is 2.04 bits per heavy atom. The third-order valence-corrected chi connectivity index (χ3v) is 4.20. The molecule has 1 fully saturated rings. The maximum Gasteiger partial charge on any atom is 0.471 e. The van der Waals surface area contributed by atoms with Gasteiger partial charge in [-0.2, -0.15) is 13.2 Å². The normalized spacial score (nSPS) is 20.0. The molecule has 0 saturated carbocycles. The number of halogens is 4. The standard InChI is InChI=1S/C17H22F3N3O2.ClH/c1-11-8-13(6-7-21-11)15(24)22-14-5-3-4-12(9-14)10-23(2)16(25)17(18,19)20;/h3-5,9,11,13,21H,6-8,10H2,1-2H3,(H,22,24);1H/t11-,13-;/m0./s1. The van der Waals surface area contributed by atoms with Crippen molar-refractivity contribution in [3.63, 3.8) is 0 Å². The summed E-state index contributed by atoms with van der Waals surface area (Å²) >= 11 is 0. The second-order valence-electron chi connectivity index (χ2n) is 6.43. The number of hydrogen-bond donors (Lipinski definition) is 2. The van der Waals surface area contributed by atoms with Gasteiger partial charge in [0.25, 0.3) is 0 Å². The average molecular weight is 394 g/mol. The molecule has 2 rings (SSSR count). The van der Waals surface area contributed by atoms with E-state index in [-0.39, 0.29) is 36.8 Å². The summed E-state index contributed by atoms with van der Waals surface area (Å²) in [5.74, 6) is -2.08. The van der Waals surface area contributed by atoms with Crippen LogP contribution in [-0.2, 0) is 16.1 Å². The third kappa shape index (κ3) is 6.17. The molecular formula is C17H23ClF3N3O2. The van der Waals surface area contributed by atoms with Crippen LogP contribution in [0.5, 0.6) is 0 Å². The minimum absolute atomic E-state index is 0. The Labute approximate surface area is 156 Å². The van der Waals surface area contributed by atoms with Crippen LogP contribution >= 0.6 is 12.4 Å². The summed E-state index contributed by atoms with van der Waals surface area (Å²) in [5, 5.41) is 6.09. The van der Waals surface area contributed by atoms with Crippen LogP contribution in [0.25, 0.3) is 0 Å². The molecule has 0 spiro atoms. The molecule has 2 N–H and O–H groups in total. The number of anilines is 1. The molecule has 1 aliphatic heterocycles. The number of rotatable bonds is 4. The maximum absolute atomic E-state index is 12.4. The number of nitrogens with one attached hydrogen (secondary N) is 2. The van der Waals surface area contributed by atoms with Gasteiger partial charge in [-0.1, -0.05) is 12.1 Å². The molecule has 5 nitrogen and oxygen atoms in total. The van der Waals surface area contributed by atoms with Crippen molar-refractivity contribution >= 4 is 29.9 Å². The lowest BCUT2D eigenvalue weighted by atomic mass is 9.92. The van der Waals surface area contributed by atoms with Crippen molar-refractivity contribution in [2.75, 3.05) is 18.9 Å². The Morgan fingerprint density at radius 3 is 2.65 bits per heavy atom. The van der Waals surface area contributed by atoms with Gasteiger partial charge < -0.3 is 15.5 Å². The lowest BCUT2D eigenvalue weighted by Crippen LogP contribution is -2.40. The second kappa shape index (κ2) is 9.23. The van der Waals surface area contributed by atoms with E-state index < -0.39 is 12.1 Å². The van der Waals surface area contributed by atoms with E-state index in [1.165, 1.54) is 0 Å².